The van der Waals surface area contributed by atoms with Crippen LogP contribution < -0.4 is 16.9 Å². The second kappa shape index (κ2) is 11.3. The minimum Gasteiger partial charge on any atom is -0.384 e. The number of carbonyl (C=O) groups excluding carboxylic acids is 1. The average Bonchev–Trinajstić information content (AvgIpc) is 2.85. The summed E-state index contributed by atoms with van der Waals surface area (Å²) in [6.07, 6.45) is 0.262. The van der Waals surface area contributed by atoms with Crippen molar-refractivity contribution in [3.63, 3.8) is 0 Å². The van der Waals surface area contributed by atoms with Crippen LogP contribution in [0.15, 0.2) is 81.9 Å². The van der Waals surface area contributed by atoms with Crippen molar-refractivity contribution >= 4 is 50.0 Å². The van der Waals surface area contributed by atoms with Gasteiger partial charge in [-0.1, -0.05) is 49.4 Å². The monoisotopic (exact) mass is 544 g/mol. The number of carbonyl (C=O) groups is 1. The number of anilines is 1. The zero-order valence-electron chi connectivity index (χ0n) is 18.1. The van der Waals surface area contributed by atoms with Gasteiger partial charge in [-0.25, -0.2) is 8.60 Å². The van der Waals surface area contributed by atoms with Gasteiger partial charge < -0.3 is 11.1 Å². The summed E-state index contributed by atoms with van der Waals surface area (Å²) in [6.45, 7) is 1.74. The third-order valence-corrected chi connectivity index (χ3v) is 6.57. The largest absolute Gasteiger partial charge is 0.384 e. The van der Waals surface area contributed by atoms with Crippen molar-refractivity contribution in [2.45, 2.75) is 18.2 Å². The smallest absolute Gasteiger partial charge is 0.284 e. The summed E-state index contributed by atoms with van der Waals surface area (Å²) in [4.78, 5) is 13.1. The van der Waals surface area contributed by atoms with Gasteiger partial charge in [-0.05, 0) is 57.7 Å². The highest BCUT2D eigenvalue weighted by Gasteiger charge is 2.18. The second-order valence-corrected chi connectivity index (χ2v) is 9.07. The van der Waals surface area contributed by atoms with E-state index >= 15 is 4.39 Å². The number of nitrogen functional groups attached to an aromatic ring is 1. The van der Waals surface area contributed by atoms with E-state index in [0.29, 0.717) is 37.3 Å². The van der Waals surface area contributed by atoms with Gasteiger partial charge >= 0.3 is 0 Å². The standard InChI is InChI=1S/C24H22BrFN4O3S/c1-2-17(14-6-5-7-16(12-14)23(27)28)22(26)24(31)30-20-11-10-15(13-19(20)25)18-8-3-4-9-21(18)34(32)33-29/h3-13H,2,29H2,1H3,(H3,27,28)(H,30,31)/b22-17+. The van der Waals surface area contributed by atoms with Crippen molar-refractivity contribution in [2.75, 3.05) is 5.32 Å². The highest BCUT2D eigenvalue weighted by atomic mass is 79.9. The number of amides is 1. The third-order valence-electron chi connectivity index (χ3n) is 5.02. The van der Waals surface area contributed by atoms with Gasteiger partial charge in [-0.2, -0.15) is 10.2 Å². The molecule has 0 aliphatic heterocycles. The fourth-order valence-electron chi connectivity index (χ4n) is 3.36. The number of benzene rings is 3. The maximum Gasteiger partial charge on any atom is 0.284 e. The van der Waals surface area contributed by atoms with Crippen molar-refractivity contribution in [3.8, 4) is 11.1 Å². The lowest BCUT2D eigenvalue weighted by molar-refractivity contribution is -0.114. The van der Waals surface area contributed by atoms with E-state index in [0.717, 1.165) is 0 Å². The highest BCUT2D eigenvalue weighted by Crippen LogP contribution is 2.33. The summed E-state index contributed by atoms with van der Waals surface area (Å²) in [5.41, 5.74) is 8.32. The molecule has 0 aromatic heterocycles. The van der Waals surface area contributed by atoms with E-state index in [1.807, 2.05) is 0 Å². The first kappa shape index (κ1) is 25.4. The normalized spacial score (nSPS) is 12.6. The summed E-state index contributed by atoms with van der Waals surface area (Å²) in [5, 5.41) is 10.1. The maximum atomic E-state index is 15.1. The van der Waals surface area contributed by atoms with E-state index in [4.69, 9.17) is 17.0 Å². The zero-order valence-corrected chi connectivity index (χ0v) is 20.5. The van der Waals surface area contributed by atoms with Crippen LogP contribution in [0.1, 0.15) is 24.5 Å². The minimum atomic E-state index is -1.84. The molecule has 0 saturated carbocycles. The summed E-state index contributed by atoms with van der Waals surface area (Å²) in [5.74, 6) is 3.10. The van der Waals surface area contributed by atoms with Gasteiger partial charge in [-0.3, -0.25) is 10.2 Å². The fourth-order valence-corrected chi connectivity index (χ4v) is 4.50. The average molecular weight is 545 g/mol. The van der Waals surface area contributed by atoms with Crippen LogP contribution in [0.5, 0.6) is 0 Å². The topological polar surface area (TPSA) is 131 Å². The molecule has 0 aliphatic rings. The Hall–Kier alpha value is -3.18. The first-order chi connectivity index (χ1) is 16.3. The zero-order chi connectivity index (χ0) is 24.8. The molecule has 1 unspecified atom stereocenters. The van der Waals surface area contributed by atoms with Gasteiger partial charge in [0.25, 0.3) is 5.91 Å². The fraction of sp³-hybridized carbons (Fsp3) is 0.0833. The summed E-state index contributed by atoms with van der Waals surface area (Å²) < 4.78 is 32.2. The molecule has 0 radical (unpaired) electrons. The van der Waals surface area contributed by atoms with E-state index in [9.17, 15) is 9.00 Å². The first-order valence-electron chi connectivity index (χ1n) is 10.1. The molecule has 0 spiro atoms. The van der Waals surface area contributed by atoms with Gasteiger partial charge in [0.1, 0.15) is 5.84 Å². The SMILES string of the molecule is CC/C(=C(\F)C(=O)Nc1ccc(-c2ccccc2S(=O)ON)cc1Br)c1cccc(C(=N)N)c1. The number of allylic oxidation sites excluding steroid dienone is 1. The molecule has 0 fully saturated rings. The lowest BCUT2D eigenvalue weighted by Crippen LogP contribution is -2.14. The number of hydrogen-bond donors (Lipinski definition) is 4. The molecule has 6 N–H and O–H groups in total. The molecule has 7 nitrogen and oxygen atoms in total. The number of amidine groups is 1. The molecule has 0 saturated heterocycles. The predicted molar refractivity (Wildman–Crippen MR) is 136 cm³/mol. The molecular formula is C24H22BrFN4O3S. The lowest BCUT2D eigenvalue weighted by Gasteiger charge is -2.13. The molecule has 3 aromatic carbocycles. The quantitative estimate of drug-likeness (QED) is 0.136. The van der Waals surface area contributed by atoms with Crippen LogP contribution in [-0.4, -0.2) is 16.0 Å². The van der Waals surface area contributed by atoms with Gasteiger partial charge in [0.15, 0.2) is 5.83 Å². The third kappa shape index (κ3) is 5.65. The van der Waals surface area contributed by atoms with Gasteiger partial charge in [0.05, 0.1) is 10.6 Å². The first-order valence-corrected chi connectivity index (χ1v) is 12.0. The van der Waals surface area contributed by atoms with Crippen molar-refractivity contribution in [2.24, 2.45) is 11.6 Å². The molecule has 0 heterocycles. The van der Waals surface area contributed by atoms with Gasteiger partial charge in [-0.15, -0.1) is 0 Å². The molecule has 3 aromatic rings. The van der Waals surface area contributed by atoms with E-state index in [1.165, 1.54) is 0 Å². The van der Waals surface area contributed by atoms with Crippen molar-refractivity contribution in [1.29, 1.82) is 5.41 Å². The summed E-state index contributed by atoms with van der Waals surface area (Å²) >= 11 is 1.56. The highest BCUT2D eigenvalue weighted by molar-refractivity contribution is 9.10. The number of nitrogens with one attached hydrogen (secondary N) is 2. The Morgan fingerprint density at radius 1 is 1.12 bits per heavy atom. The second-order valence-electron chi connectivity index (χ2n) is 7.12. The Kier molecular flexibility index (Phi) is 8.46. The van der Waals surface area contributed by atoms with Gasteiger partial charge in [0.2, 0.25) is 11.1 Å². The van der Waals surface area contributed by atoms with Crippen LogP contribution in [0.2, 0.25) is 0 Å². The molecule has 0 bridgehead atoms. The van der Waals surface area contributed by atoms with Crippen LogP contribution >= 0.6 is 15.9 Å². The van der Waals surface area contributed by atoms with Crippen molar-refractivity contribution < 1.29 is 17.7 Å². The van der Waals surface area contributed by atoms with E-state index in [-0.39, 0.29) is 17.8 Å². The molecular weight excluding hydrogens is 523 g/mol. The molecule has 1 amide bonds. The van der Waals surface area contributed by atoms with Crippen LogP contribution in [-0.2, 0) is 20.2 Å². The number of nitrogens with two attached hydrogens (primary N) is 2. The Labute approximate surface area is 207 Å². The van der Waals surface area contributed by atoms with E-state index in [2.05, 4.69) is 25.5 Å². The van der Waals surface area contributed by atoms with E-state index < -0.39 is 22.8 Å². The van der Waals surface area contributed by atoms with Crippen LogP contribution in [0.3, 0.4) is 0 Å². The number of halogens is 2. The molecule has 1 atom stereocenters. The Morgan fingerprint density at radius 3 is 2.47 bits per heavy atom. The van der Waals surface area contributed by atoms with Crippen LogP contribution in [0, 0.1) is 5.41 Å². The number of rotatable bonds is 8. The van der Waals surface area contributed by atoms with Crippen LogP contribution in [0.25, 0.3) is 16.7 Å². The maximum absolute atomic E-state index is 15.1. The molecule has 34 heavy (non-hydrogen) atoms. The molecule has 176 valence electrons. The van der Waals surface area contributed by atoms with E-state index in [1.54, 1.807) is 73.7 Å². The van der Waals surface area contributed by atoms with Crippen LogP contribution in [0.4, 0.5) is 10.1 Å². The summed E-state index contributed by atoms with van der Waals surface area (Å²) in [6, 6.07) is 18.4. The van der Waals surface area contributed by atoms with Gasteiger partial charge in [0, 0.05) is 21.2 Å². The molecule has 3 rings (SSSR count). The Balaban J connectivity index is 1.90. The lowest BCUT2D eigenvalue weighted by atomic mass is 9.99. The van der Waals surface area contributed by atoms with Crippen molar-refractivity contribution in [3.05, 3.63) is 88.2 Å². The van der Waals surface area contributed by atoms with Crippen molar-refractivity contribution in [1.82, 2.24) is 0 Å². The number of hydrogen-bond acceptors (Lipinski definition) is 5. The molecule has 10 heteroatoms. The Bertz CT molecular complexity index is 1310. The molecule has 0 aliphatic carbocycles. The minimum absolute atomic E-state index is 0.144. The Morgan fingerprint density at radius 2 is 1.82 bits per heavy atom. The summed E-state index contributed by atoms with van der Waals surface area (Å²) in [7, 11) is 0. The predicted octanol–water partition coefficient (Wildman–Crippen LogP) is 5.04.